The predicted molar refractivity (Wildman–Crippen MR) is 256 cm³/mol. The Hall–Kier alpha value is -5.16. The zero-order chi connectivity index (χ0) is 46.2. The Morgan fingerprint density at radius 1 is 1.03 bits per heavy atom. The van der Waals surface area contributed by atoms with Gasteiger partial charge in [-0.1, -0.05) is 71.0 Å². The Morgan fingerprint density at radius 3 is 2.51 bits per heavy atom. The van der Waals surface area contributed by atoms with Crippen molar-refractivity contribution >= 4 is 37.2 Å². The number of phenols is 1. The highest BCUT2D eigenvalue weighted by molar-refractivity contribution is 7.13. The van der Waals surface area contributed by atoms with Crippen molar-refractivity contribution < 1.29 is 28.4 Å². The maximum Gasteiger partial charge on any atom is 0.254 e. The average Bonchev–Trinajstić information content (AvgIpc) is 4.03. The van der Waals surface area contributed by atoms with Crippen LogP contribution in [0.2, 0.25) is 18.1 Å². The summed E-state index contributed by atoms with van der Waals surface area (Å²) < 4.78 is 18.9. The molecule has 65 heavy (non-hydrogen) atoms. The van der Waals surface area contributed by atoms with E-state index in [9.17, 15) is 14.7 Å². The average molecular weight is 921 g/mol. The Kier molecular flexibility index (Phi) is 13.5. The van der Waals surface area contributed by atoms with Gasteiger partial charge in [-0.15, -0.1) is 16.4 Å². The number of aryl methyl sites for hydroxylation is 2. The zero-order valence-electron chi connectivity index (χ0n) is 39.2. The minimum absolute atomic E-state index is 0.0388. The maximum absolute atomic E-state index is 14.8. The fourth-order valence-electron chi connectivity index (χ4n) is 9.19. The number of aromatic nitrogens is 4. The zero-order valence-corrected chi connectivity index (χ0v) is 41.0. The van der Waals surface area contributed by atoms with Crippen molar-refractivity contribution in [1.29, 1.82) is 0 Å². The quantitative estimate of drug-likeness (QED) is 0.103. The summed E-state index contributed by atoms with van der Waals surface area (Å²) >= 11 is 1.61. The Bertz CT molecular complexity index is 2470. The third-order valence-electron chi connectivity index (χ3n) is 13.9. The van der Waals surface area contributed by atoms with Gasteiger partial charge in [0.25, 0.3) is 5.88 Å². The molecule has 2 saturated heterocycles. The van der Waals surface area contributed by atoms with Crippen molar-refractivity contribution in [2.24, 2.45) is 5.92 Å². The Morgan fingerprint density at radius 2 is 1.80 bits per heavy atom. The molecule has 5 atom stereocenters. The van der Waals surface area contributed by atoms with Gasteiger partial charge in [0.1, 0.15) is 24.3 Å². The fourth-order valence-corrected chi connectivity index (χ4v) is 11.4. The van der Waals surface area contributed by atoms with Crippen molar-refractivity contribution in [1.82, 2.24) is 35.5 Å². The molecule has 0 radical (unpaired) electrons. The first-order valence-corrected chi connectivity index (χ1v) is 26.8. The van der Waals surface area contributed by atoms with Crippen molar-refractivity contribution in [2.75, 3.05) is 44.2 Å². The number of likely N-dealkylation sites (tertiary alicyclic amines) is 1. The smallest absolute Gasteiger partial charge is 0.254 e. The van der Waals surface area contributed by atoms with Gasteiger partial charge in [-0.05, 0) is 85.2 Å². The van der Waals surface area contributed by atoms with E-state index in [1.165, 1.54) is 0 Å². The number of ether oxygens (including phenoxy) is 1. The summed E-state index contributed by atoms with van der Waals surface area (Å²) in [6, 6.07) is 18.6. The number of nitrogens with one attached hydrogen (secondary N) is 1. The number of carbonyl (C=O) groups is 2. The van der Waals surface area contributed by atoms with Gasteiger partial charge in [0.05, 0.1) is 45.3 Å². The van der Waals surface area contributed by atoms with E-state index in [1.807, 2.05) is 57.5 Å². The van der Waals surface area contributed by atoms with Gasteiger partial charge in [0.2, 0.25) is 11.8 Å². The predicted octanol–water partition coefficient (Wildman–Crippen LogP) is 8.39. The van der Waals surface area contributed by atoms with Crippen LogP contribution in [-0.2, 0) is 20.4 Å². The third-order valence-corrected chi connectivity index (χ3v) is 19.4. The van der Waals surface area contributed by atoms with Crippen LogP contribution in [-0.4, -0.2) is 113 Å². The molecular weight excluding hydrogens is 857 g/mol. The monoisotopic (exact) mass is 920 g/mol. The molecule has 5 aromatic rings. The maximum atomic E-state index is 14.8. The number of anilines is 1. The standard InChI is InChI=1S/C49H64N8O6SSi/c1-30(2)45(43-26-44(54-62-43)61-23-22-55-20-21-56-35(27-55)18-19-38-40(56)25-39(53-52-38)37-12-10-11-13-42(37)58)48(60)57-28-36(63-65(8,9)49(5,6)7)24-41(57)47(59)51-31(3)33-14-16-34(17-15-33)46-32(4)50-29-64-46/h10-17,25-26,29-31,35-36,41,45,58H,18-24,27-28H2,1-9H3,(H,51,59)/t31-,35?,36+,41-,45+/m0/s1. The molecule has 14 nitrogen and oxygen atoms in total. The van der Waals surface area contributed by atoms with E-state index in [2.05, 4.69) is 87.5 Å². The molecule has 16 heteroatoms. The number of thiazole rings is 1. The van der Waals surface area contributed by atoms with Gasteiger partial charge >= 0.3 is 0 Å². The number of aromatic hydroxyl groups is 1. The molecular formula is C49H64N8O6SSi. The summed E-state index contributed by atoms with van der Waals surface area (Å²) in [5, 5.41) is 26.9. The molecule has 2 amide bonds. The van der Waals surface area contributed by atoms with E-state index in [0.717, 1.165) is 65.6 Å². The summed E-state index contributed by atoms with van der Waals surface area (Å²) in [5.74, 6) is -0.284. The number of hydrogen-bond donors (Lipinski definition) is 2. The highest BCUT2D eigenvalue weighted by Crippen LogP contribution is 2.41. The van der Waals surface area contributed by atoms with Crippen LogP contribution in [0.1, 0.15) is 89.1 Å². The number of carbonyl (C=O) groups excluding carboxylic acids is 2. The van der Waals surface area contributed by atoms with Gasteiger partial charge in [0.15, 0.2) is 14.1 Å². The van der Waals surface area contributed by atoms with Gasteiger partial charge in [-0.25, -0.2) is 4.98 Å². The second kappa shape index (κ2) is 19.0. The fraction of sp³-hybridized carbons (Fsp3) is 0.510. The van der Waals surface area contributed by atoms with Crippen LogP contribution < -0.4 is 15.0 Å². The third kappa shape index (κ3) is 10.0. The van der Waals surface area contributed by atoms with E-state index in [0.29, 0.717) is 55.1 Å². The molecule has 3 aromatic heterocycles. The number of benzene rings is 2. The number of phenolic OH excluding ortho intramolecular Hbond substituents is 1. The van der Waals surface area contributed by atoms with Crippen LogP contribution in [0.25, 0.3) is 21.7 Å². The van der Waals surface area contributed by atoms with Gasteiger partial charge in [-0.3, -0.25) is 14.5 Å². The number of hydrogen-bond acceptors (Lipinski definition) is 13. The second-order valence-electron chi connectivity index (χ2n) is 19.8. The first kappa shape index (κ1) is 46.4. The van der Waals surface area contributed by atoms with Crippen molar-refractivity contribution in [3.05, 3.63) is 88.9 Å². The number of nitrogens with zero attached hydrogens (tertiary/aromatic N) is 7. The van der Waals surface area contributed by atoms with Crippen LogP contribution in [0, 0.1) is 12.8 Å². The highest BCUT2D eigenvalue weighted by atomic mass is 32.1. The first-order valence-electron chi connectivity index (χ1n) is 23.0. The largest absolute Gasteiger partial charge is 0.507 e. The summed E-state index contributed by atoms with van der Waals surface area (Å²) in [5.41, 5.74) is 8.34. The lowest BCUT2D eigenvalue weighted by atomic mass is 9.91. The molecule has 8 rings (SSSR count). The Labute approximate surface area is 387 Å². The summed E-state index contributed by atoms with van der Waals surface area (Å²) in [6.45, 7) is 23.0. The van der Waals surface area contributed by atoms with E-state index in [4.69, 9.17) is 13.7 Å². The number of amides is 2. The number of fused-ring (bicyclic) bond motifs is 3. The molecule has 2 fully saturated rings. The van der Waals surface area contributed by atoms with E-state index < -0.39 is 20.3 Å². The molecule has 0 saturated carbocycles. The van der Waals surface area contributed by atoms with Gasteiger partial charge in [0, 0.05) is 56.8 Å². The SMILES string of the molecule is Cc1ncsc1-c1ccc([C@H](C)NC(=O)[C@@H]2C[C@@H](O[Si](C)(C)C(C)(C)C)CN2C(=O)[C@@H](c2cc(OCCN3CCN4c5cc(-c6ccccc6O)nnc5CCC4C3)no2)C(C)C)cc1. The molecule has 3 aliphatic heterocycles. The van der Waals surface area contributed by atoms with E-state index in [-0.39, 0.29) is 40.7 Å². The summed E-state index contributed by atoms with van der Waals surface area (Å²) in [7, 11) is -2.23. The van der Waals surface area contributed by atoms with Gasteiger partial charge < -0.3 is 33.9 Å². The molecule has 1 unspecified atom stereocenters. The van der Waals surface area contributed by atoms with E-state index in [1.54, 1.807) is 34.4 Å². The minimum atomic E-state index is -2.23. The number of para-hydroxylation sites is 1. The molecule has 3 aliphatic rings. The Balaban J connectivity index is 0.908. The summed E-state index contributed by atoms with van der Waals surface area (Å²) in [6.07, 6.45) is 1.96. The van der Waals surface area contributed by atoms with Crippen LogP contribution >= 0.6 is 11.3 Å². The molecule has 0 aliphatic carbocycles. The molecule has 2 N–H and O–H groups in total. The lowest BCUT2D eigenvalue weighted by Gasteiger charge is -2.45. The van der Waals surface area contributed by atoms with Crippen LogP contribution in [0.5, 0.6) is 11.6 Å². The van der Waals surface area contributed by atoms with Crippen LogP contribution in [0.4, 0.5) is 5.69 Å². The molecule has 0 bridgehead atoms. The topological polar surface area (TPSA) is 159 Å². The minimum Gasteiger partial charge on any atom is -0.507 e. The van der Waals surface area contributed by atoms with Crippen molar-refractivity contribution in [2.45, 2.75) is 116 Å². The normalized spacial score (nSPS) is 20.1. The first-order chi connectivity index (χ1) is 31.0. The van der Waals surface area contributed by atoms with Crippen molar-refractivity contribution in [3.63, 3.8) is 0 Å². The van der Waals surface area contributed by atoms with Crippen LogP contribution in [0.15, 0.2) is 70.7 Å². The number of piperazine rings is 1. The van der Waals surface area contributed by atoms with Gasteiger partial charge in [-0.2, -0.15) is 5.10 Å². The molecule has 2 aromatic carbocycles. The lowest BCUT2D eigenvalue weighted by molar-refractivity contribution is -0.141. The van der Waals surface area contributed by atoms with Crippen molar-refractivity contribution in [3.8, 4) is 33.3 Å². The van der Waals surface area contributed by atoms with Crippen LogP contribution in [0.3, 0.4) is 0 Å². The van der Waals surface area contributed by atoms with E-state index >= 15 is 0 Å². The summed E-state index contributed by atoms with van der Waals surface area (Å²) in [4.78, 5) is 41.2. The lowest BCUT2D eigenvalue weighted by Crippen LogP contribution is -2.55. The molecule has 6 heterocycles. The second-order valence-corrected chi connectivity index (χ2v) is 25.4. The molecule has 0 spiro atoms. The number of rotatable bonds is 14. The highest BCUT2D eigenvalue weighted by Gasteiger charge is 2.48. The molecule has 346 valence electrons.